The van der Waals surface area contributed by atoms with E-state index in [0.29, 0.717) is 0 Å². The fourth-order valence-electron chi connectivity index (χ4n) is 1.48. The van der Waals surface area contributed by atoms with Gasteiger partial charge in [-0.2, -0.15) is 0 Å². The normalized spacial score (nSPS) is 10.2. The third-order valence-corrected chi connectivity index (χ3v) is 2.58. The van der Waals surface area contributed by atoms with E-state index in [9.17, 15) is 0 Å². The van der Waals surface area contributed by atoms with Crippen LogP contribution < -0.4 is 0 Å². The second-order valence-corrected chi connectivity index (χ2v) is 4.35. The minimum atomic E-state index is -0.125. The number of hydrogen-bond acceptors (Lipinski definition) is 3. The van der Waals surface area contributed by atoms with Gasteiger partial charge >= 0.3 is 0 Å². The van der Waals surface area contributed by atoms with Gasteiger partial charge in [0.15, 0.2) is 0 Å². The van der Waals surface area contributed by atoms with Gasteiger partial charge < -0.3 is 15.1 Å². The molecular weight excluding hydrogens is 214 g/mol. The Hall–Kier alpha value is -0.120. The molecule has 0 bridgehead atoms. The molecule has 17 heavy (non-hydrogen) atoms. The van der Waals surface area contributed by atoms with E-state index in [2.05, 4.69) is 25.7 Å². The summed E-state index contributed by atoms with van der Waals surface area (Å²) in [4.78, 5) is 2.64. The van der Waals surface area contributed by atoms with Gasteiger partial charge in [-0.15, -0.1) is 0 Å². The molecule has 3 heteroatoms. The predicted molar refractivity (Wildman–Crippen MR) is 75.3 cm³/mol. The molecule has 0 spiro atoms. The Balaban J connectivity index is 0. The highest BCUT2D eigenvalue weighted by Crippen LogP contribution is 2.01. The number of aliphatic hydroxyl groups excluding tert-OH is 2. The van der Waals surface area contributed by atoms with Gasteiger partial charge in [-0.3, -0.25) is 0 Å². The Bertz CT molecular complexity index is 99.8. The Morgan fingerprint density at radius 3 is 1.12 bits per heavy atom. The maximum atomic E-state index is 7.62. The molecule has 0 amide bonds. The highest BCUT2D eigenvalue weighted by molar-refractivity contribution is 4.57. The molecule has 0 aliphatic heterocycles. The van der Waals surface area contributed by atoms with E-state index in [1.807, 2.05) is 0 Å². The van der Waals surface area contributed by atoms with Gasteiger partial charge in [0.05, 0.1) is 13.2 Å². The third kappa shape index (κ3) is 18.4. The fourth-order valence-corrected chi connectivity index (χ4v) is 1.48. The zero-order valence-corrected chi connectivity index (χ0v) is 12.1. The molecule has 0 radical (unpaired) electrons. The van der Waals surface area contributed by atoms with Crippen LogP contribution in [0.3, 0.4) is 0 Å². The summed E-state index contributed by atoms with van der Waals surface area (Å²) in [5.41, 5.74) is 0. The number of hydrogen-bond donors (Lipinski definition) is 2. The lowest BCUT2D eigenvalue weighted by molar-refractivity contribution is 0.186. The first-order chi connectivity index (χ1) is 8.26. The number of nitrogens with zero attached hydrogens (tertiary/aromatic N) is 1. The van der Waals surface area contributed by atoms with Crippen LogP contribution in [0.1, 0.15) is 59.3 Å². The molecule has 0 aromatic rings. The van der Waals surface area contributed by atoms with Gasteiger partial charge in [0.1, 0.15) is 0 Å². The van der Waals surface area contributed by atoms with E-state index in [1.165, 1.54) is 58.2 Å². The van der Waals surface area contributed by atoms with Crippen molar-refractivity contribution in [3.05, 3.63) is 0 Å². The monoisotopic (exact) mass is 247 g/mol. The van der Waals surface area contributed by atoms with Gasteiger partial charge in [-0.1, -0.05) is 40.0 Å². The van der Waals surface area contributed by atoms with Crippen molar-refractivity contribution in [1.29, 1.82) is 0 Å². The predicted octanol–water partition coefficient (Wildman–Crippen LogP) is 2.66. The van der Waals surface area contributed by atoms with Gasteiger partial charge in [0.25, 0.3) is 0 Å². The Labute approximate surface area is 108 Å². The van der Waals surface area contributed by atoms with E-state index in [-0.39, 0.29) is 13.2 Å². The molecule has 106 valence electrons. The van der Waals surface area contributed by atoms with Crippen LogP contribution in [0.5, 0.6) is 0 Å². The molecule has 0 rings (SSSR count). The summed E-state index contributed by atoms with van der Waals surface area (Å²) in [5, 5.41) is 15.2. The molecule has 3 nitrogen and oxygen atoms in total. The summed E-state index contributed by atoms with van der Waals surface area (Å²) in [6, 6.07) is 0. The van der Waals surface area contributed by atoms with Crippen LogP contribution in [0, 0.1) is 0 Å². The second-order valence-electron chi connectivity index (χ2n) is 4.35. The van der Waals surface area contributed by atoms with Crippen LogP contribution >= 0.6 is 0 Å². The van der Waals surface area contributed by atoms with Crippen LogP contribution in [0.2, 0.25) is 0 Å². The highest BCUT2D eigenvalue weighted by Gasteiger charge is 2.01. The zero-order chi connectivity index (χ0) is 13.4. The van der Waals surface area contributed by atoms with Gasteiger partial charge in [0.2, 0.25) is 0 Å². The van der Waals surface area contributed by atoms with E-state index in [4.69, 9.17) is 10.2 Å². The first-order valence-electron chi connectivity index (χ1n) is 7.20. The van der Waals surface area contributed by atoms with Crippen LogP contribution in [0.25, 0.3) is 0 Å². The SMILES string of the molecule is CCCCN(CCCC)CCCC.OCCO. The Morgan fingerprint density at radius 2 is 0.941 bits per heavy atom. The van der Waals surface area contributed by atoms with Crippen LogP contribution in [-0.2, 0) is 0 Å². The molecule has 0 aromatic heterocycles. The molecule has 0 unspecified atom stereocenters. The van der Waals surface area contributed by atoms with Crippen molar-refractivity contribution in [3.63, 3.8) is 0 Å². The molecule has 0 aromatic carbocycles. The molecule has 0 heterocycles. The lowest BCUT2D eigenvalue weighted by Gasteiger charge is -2.21. The van der Waals surface area contributed by atoms with Gasteiger partial charge in [-0.25, -0.2) is 0 Å². The summed E-state index contributed by atoms with van der Waals surface area (Å²) < 4.78 is 0. The summed E-state index contributed by atoms with van der Waals surface area (Å²) >= 11 is 0. The van der Waals surface area contributed by atoms with Crippen molar-refractivity contribution in [1.82, 2.24) is 4.90 Å². The summed E-state index contributed by atoms with van der Waals surface area (Å²) in [5.74, 6) is 0. The lowest BCUT2D eigenvalue weighted by atomic mass is 10.2. The topological polar surface area (TPSA) is 43.7 Å². The smallest absolute Gasteiger partial charge is 0.0662 e. The highest BCUT2D eigenvalue weighted by atomic mass is 16.3. The van der Waals surface area contributed by atoms with Crippen molar-refractivity contribution >= 4 is 0 Å². The molecule has 0 fully saturated rings. The largest absolute Gasteiger partial charge is 0.394 e. The lowest BCUT2D eigenvalue weighted by Crippen LogP contribution is -2.27. The van der Waals surface area contributed by atoms with Crippen LogP contribution in [0.4, 0.5) is 0 Å². The van der Waals surface area contributed by atoms with E-state index in [1.54, 1.807) is 0 Å². The Morgan fingerprint density at radius 1 is 0.647 bits per heavy atom. The number of rotatable bonds is 10. The van der Waals surface area contributed by atoms with Crippen LogP contribution in [-0.4, -0.2) is 48.0 Å². The molecule has 0 saturated heterocycles. The van der Waals surface area contributed by atoms with Crippen LogP contribution in [0.15, 0.2) is 0 Å². The zero-order valence-electron chi connectivity index (χ0n) is 12.1. The van der Waals surface area contributed by atoms with Crippen molar-refractivity contribution in [2.24, 2.45) is 0 Å². The van der Waals surface area contributed by atoms with Crippen molar-refractivity contribution in [2.75, 3.05) is 32.8 Å². The summed E-state index contributed by atoms with van der Waals surface area (Å²) in [6.45, 7) is 10.5. The molecule has 0 atom stereocenters. The van der Waals surface area contributed by atoms with E-state index in [0.717, 1.165) is 0 Å². The molecular formula is C14H33NO2. The molecule has 2 N–H and O–H groups in total. The number of unbranched alkanes of at least 4 members (excludes halogenated alkanes) is 3. The summed E-state index contributed by atoms with van der Waals surface area (Å²) in [6.07, 6.45) is 8.09. The van der Waals surface area contributed by atoms with Crippen molar-refractivity contribution in [2.45, 2.75) is 59.3 Å². The standard InChI is InChI=1S/C12H27N.C2H6O2/c1-4-7-10-13(11-8-5-2)12-9-6-3;3-1-2-4/h4-12H2,1-3H3;3-4H,1-2H2. The average molecular weight is 247 g/mol. The maximum Gasteiger partial charge on any atom is 0.0662 e. The average Bonchev–Trinajstić information content (AvgIpc) is 2.38. The summed E-state index contributed by atoms with van der Waals surface area (Å²) in [7, 11) is 0. The minimum absolute atomic E-state index is 0.125. The first-order valence-corrected chi connectivity index (χ1v) is 7.20. The van der Waals surface area contributed by atoms with Crippen molar-refractivity contribution < 1.29 is 10.2 Å². The first kappa shape index (κ1) is 19.2. The second kappa shape index (κ2) is 18.3. The molecule has 0 aliphatic rings. The van der Waals surface area contributed by atoms with Gasteiger partial charge in [0, 0.05) is 0 Å². The molecule has 0 aliphatic carbocycles. The quantitative estimate of drug-likeness (QED) is 0.624. The minimum Gasteiger partial charge on any atom is -0.394 e. The van der Waals surface area contributed by atoms with Crippen molar-refractivity contribution in [3.8, 4) is 0 Å². The maximum absolute atomic E-state index is 7.62. The van der Waals surface area contributed by atoms with Gasteiger partial charge in [-0.05, 0) is 38.9 Å². The third-order valence-electron chi connectivity index (χ3n) is 2.58. The Kier molecular flexibility index (Phi) is 20.6. The van der Waals surface area contributed by atoms with E-state index < -0.39 is 0 Å². The number of aliphatic hydroxyl groups is 2. The molecule has 0 saturated carbocycles. The fraction of sp³-hybridized carbons (Fsp3) is 1.00. The van der Waals surface area contributed by atoms with E-state index >= 15 is 0 Å².